The van der Waals surface area contributed by atoms with Gasteiger partial charge in [0.1, 0.15) is 0 Å². The van der Waals surface area contributed by atoms with Crippen molar-refractivity contribution in [3.05, 3.63) is 0 Å². The summed E-state index contributed by atoms with van der Waals surface area (Å²) in [6.07, 6.45) is 86.3. The van der Waals surface area contributed by atoms with Gasteiger partial charge in [-0.25, -0.2) is 0 Å². The van der Waals surface area contributed by atoms with E-state index >= 15 is 0 Å². The molecule has 0 bridgehead atoms. The first-order valence-electron chi connectivity index (χ1n) is 35.0. The molecule has 0 aromatic heterocycles. The van der Waals surface area contributed by atoms with Crippen LogP contribution in [0.3, 0.4) is 0 Å². The third kappa shape index (κ3) is 33.9. The minimum atomic E-state index is -2.81. The fourth-order valence-corrected chi connectivity index (χ4v) is 24.5. The average molecular weight is 1050 g/mol. The Bertz CT molecular complexity index is 977. The molecule has 0 aromatic carbocycles. The van der Waals surface area contributed by atoms with Gasteiger partial charge in [-0.1, -0.05) is 40.5 Å². The number of hydrogen-bond acceptors (Lipinski definition) is 0. The topological polar surface area (TPSA) is 0 Å². The fraction of sp³-hybridized carbons (Fsp3) is 1.00. The van der Waals surface area contributed by atoms with Crippen molar-refractivity contribution in [2.75, 3.05) is 18.5 Å². The first-order valence-corrected chi connectivity index (χ1v) is 38.7. The predicted octanol–water partition coefficient (Wildman–Crippen LogP) is 27.8. The molecular formula is C70H144ClP. The van der Waals surface area contributed by atoms with Crippen molar-refractivity contribution in [3.63, 3.8) is 0 Å². The summed E-state index contributed by atoms with van der Waals surface area (Å²) in [6.45, 7) is 19.4. The van der Waals surface area contributed by atoms with E-state index in [4.69, 9.17) is 0 Å². The molecule has 0 radical (unpaired) electrons. The molecule has 0 aliphatic rings. The summed E-state index contributed by atoms with van der Waals surface area (Å²) < 4.78 is 0. The first-order chi connectivity index (χ1) is 35.3. The van der Waals surface area contributed by atoms with Crippen LogP contribution in [0.25, 0.3) is 0 Å². The van der Waals surface area contributed by atoms with Crippen LogP contribution in [-0.2, 0) is 0 Å². The Labute approximate surface area is 465 Å². The van der Waals surface area contributed by atoms with Gasteiger partial charge in [-0.3, -0.25) is 0 Å². The Balaban J connectivity index is 7.64. The molecule has 0 saturated carbocycles. The van der Waals surface area contributed by atoms with Crippen LogP contribution >= 0.6 is 17.2 Å². The van der Waals surface area contributed by atoms with Crippen molar-refractivity contribution >= 4 is 17.2 Å². The van der Waals surface area contributed by atoms with Gasteiger partial charge in [0.15, 0.2) is 0 Å². The van der Waals surface area contributed by atoms with E-state index in [1.165, 1.54) is 384 Å². The Morgan fingerprint density at radius 1 is 0.194 bits per heavy atom. The van der Waals surface area contributed by atoms with Gasteiger partial charge in [0, 0.05) is 0 Å². The molecule has 0 saturated heterocycles. The van der Waals surface area contributed by atoms with Crippen molar-refractivity contribution in [1.29, 1.82) is 0 Å². The van der Waals surface area contributed by atoms with Gasteiger partial charge in [-0.2, -0.15) is 0 Å². The molecule has 0 aliphatic carbocycles. The maximum absolute atomic E-state index is 9.67. The van der Waals surface area contributed by atoms with E-state index in [2.05, 4.69) is 55.4 Å². The van der Waals surface area contributed by atoms with Crippen molar-refractivity contribution in [2.45, 2.75) is 427 Å². The van der Waals surface area contributed by atoms with E-state index in [-0.39, 0.29) is 0 Å². The van der Waals surface area contributed by atoms with Crippen LogP contribution in [0.4, 0.5) is 0 Å². The van der Waals surface area contributed by atoms with Crippen LogP contribution in [0, 0.1) is 5.41 Å². The molecular weight excluding hydrogens is 907 g/mol. The van der Waals surface area contributed by atoms with Crippen LogP contribution in [-0.4, -0.2) is 23.6 Å². The molecule has 436 valence electrons. The normalized spacial score (nSPS) is 13.1. The molecule has 72 heavy (non-hydrogen) atoms. The molecule has 0 atom stereocenters. The molecule has 0 unspecified atom stereocenters. The number of rotatable bonds is 62. The summed E-state index contributed by atoms with van der Waals surface area (Å²) in [5.74, 6) is -2.81. The third-order valence-corrected chi connectivity index (χ3v) is 28.6. The minimum absolute atomic E-state index is 0.321. The van der Waals surface area contributed by atoms with Gasteiger partial charge in [-0.15, -0.1) is 0 Å². The van der Waals surface area contributed by atoms with Gasteiger partial charge in [0.05, 0.1) is 0 Å². The summed E-state index contributed by atoms with van der Waals surface area (Å²) >= 11 is 9.67. The van der Waals surface area contributed by atoms with Gasteiger partial charge in [0.2, 0.25) is 0 Å². The van der Waals surface area contributed by atoms with E-state index in [9.17, 15) is 11.2 Å². The molecule has 0 aromatic rings. The van der Waals surface area contributed by atoms with E-state index in [1.807, 2.05) is 0 Å². The van der Waals surface area contributed by atoms with E-state index in [0.29, 0.717) is 10.6 Å². The van der Waals surface area contributed by atoms with Crippen molar-refractivity contribution < 1.29 is 0 Å². The van der Waals surface area contributed by atoms with Gasteiger partial charge in [0.25, 0.3) is 0 Å². The summed E-state index contributed by atoms with van der Waals surface area (Å²) in [4.78, 5) is 0. The second kappa shape index (κ2) is 52.4. The Kier molecular flexibility index (Phi) is 52.9. The average Bonchev–Trinajstić information content (AvgIpc) is 3.39. The zero-order valence-electron chi connectivity index (χ0n) is 52.3. The summed E-state index contributed by atoms with van der Waals surface area (Å²) in [7, 11) is 0. The van der Waals surface area contributed by atoms with E-state index < -0.39 is 5.96 Å². The maximum atomic E-state index is 9.67. The van der Waals surface area contributed by atoms with Gasteiger partial charge < -0.3 is 0 Å². The molecule has 0 nitrogen and oxygen atoms in total. The molecule has 0 fully saturated rings. The van der Waals surface area contributed by atoms with Crippen LogP contribution in [0.15, 0.2) is 0 Å². The first kappa shape index (κ1) is 72.7. The van der Waals surface area contributed by atoms with Crippen LogP contribution in [0.1, 0.15) is 421 Å². The SMILES string of the molecule is CCCCCCCCCCCCC(CCCCCCCC)(CCCCCCCCCCCC)C(CCCCCCCCCCCC)(CCCCCCCCCCCC)P(Cl)(CCCC)(CCCC)CCCC. The zero-order valence-corrected chi connectivity index (χ0v) is 53.9. The van der Waals surface area contributed by atoms with Gasteiger partial charge >= 0.3 is 427 Å². The Morgan fingerprint density at radius 3 is 0.528 bits per heavy atom. The molecule has 0 spiro atoms. The second-order valence-electron chi connectivity index (χ2n) is 25.4. The summed E-state index contributed by atoms with van der Waals surface area (Å²) in [6, 6.07) is 0. The number of hydrogen-bond donors (Lipinski definition) is 0. The quantitative estimate of drug-likeness (QED) is 0.0421. The molecule has 0 amide bonds. The standard InChI is InChI=1S/C70H144ClP/c1-9-17-25-30-35-39-43-47-52-57-62-69(61-56-51-34-29-21-13-5,63-58-53-48-44-40-36-31-26-18-10-2)70(64-59-54-49-45-41-37-32-27-19-11-3,65-60-55-50-46-42-38-33-28-20-12-4)72(71,66-22-14-6,67-23-15-7)68-24-16-8/h9-68H2,1-8H3. The molecule has 0 aliphatic heterocycles. The third-order valence-electron chi connectivity index (χ3n) is 19.0. The van der Waals surface area contributed by atoms with E-state index in [0.717, 1.165) is 0 Å². The second-order valence-corrected chi connectivity index (χ2v) is 33.4. The monoisotopic (exact) mass is 1050 g/mol. The summed E-state index contributed by atoms with van der Waals surface area (Å²) in [5, 5.41) is 0.321. The van der Waals surface area contributed by atoms with Crippen LogP contribution < -0.4 is 0 Å². The predicted molar refractivity (Wildman–Crippen MR) is 341 cm³/mol. The Morgan fingerprint density at radius 2 is 0.347 bits per heavy atom. The van der Waals surface area contributed by atoms with Gasteiger partial charge in [-0.05, 0) is 0 Å². The molecule has 2 heteroatoms. The molecule has 0 heterocycles. The summed E-state index contributed by atoms with van der Waals surface area (Å²) in [5.41, 5.74) is 0.394. The van der Waals surface area contributed by atoms with E-state index in [1.54, 1.807) is 0 Å². The van der Waals surface area contributed by atoms with Crippen LogP contribution in [0.5, 0.6) is 0 Å². The number of halogens is 1. The van der Waals surface area contributed by atoms with Crippen molar-refractivity contribution in [2.24, 2.45) is 5.41 Å². The number of unbranched alkanes of at least 4 members (excludes halogenated alkanes) is 44. The van der Waals surface area contributed by atoms with Crippen molar-refractivity contribution in [1.82, 2.24) is 0 Å². The molecule has 0 N–H and O–H groups in total. The molecule has 0 rings (SSSR count). The van der Waals surface area contributed by atoms with Crippen LogP contribution in [0.2, 0.25) is 0 Å². The fourth-order valence-electron chi connectivity index (χ4n) is 14.4. The van der Waals surface area contributed by atoms with Crippen molar-refractivity contribution in [3.8, 4) is 0 Å². The zero-order chi connectivity index (χ0) is 52.9. The Hall–Kier alpha value is 0.720.